The first-order chi connectivity index (χ1) is 9.45. The van der Waals surface area contributed by atoms with E-state index in [0.29, 0.717) is 19.6 Å². The summed E-state index contributed by atoms with van der Waals surface area (Å²) in [4.78, 5) is 23.8. The van der Waals surface area contributed by atoms with E-state index in [0.717, 1.165) is 5.75 Å². The predicted octanol–water partition coefficient (Wildman–Crippen LogP) is 3.02. The molecule has 0 amide bonds. The molecule has 0 N–H and O–H groups in total. The second-order valence-corrected chi connectivity index (χ2v) is 7.40. The summed E-state index contributed by atoms with van der Waals surface area (Å²) >= 11 is 2.88. The molecule has 1 unspecified atom stereocenters. The van der Waals surface area contributed by atoms with Crippen LogP contribution in [0, 0.1) is 0 Å². The molecule has 0 aromatic rings. The van der Waals surface area contributed by atoms with E-state index < -0.39 is 4.08 Å². The van der Waals surface area contributed by atoms with Gasteiger partial charge >= 0.3 is 11.9 Å². The molecule has 20 heavy (non-hydrogen) atoms. The van der Waals surface area contributed by atoms with E-state index in [1.165, 1.54) is 22.9 Å². The highest BCUT2D eigenvalue weighted by Crippen LogP contribution is 2.48. The zero-order chi connectivity index (χ0) is 15.2. The van der Waals surface area contributed by atoms with Crippen LogP contribution < -0.4 is 0 Å². The molecule has 0 aliphatic carbocycles. The maximum atomic E-state index is 12.3. The third-order valence-electron chi connectivity index (χ3n) is 3.06. The van der Waals surface area contributed by atoms with Crippen molar-refractivity contribution in [3.8, 4) is 0 Å². The molecule has 114 valence electrons. The van der Waals surface area contributed by atoms with Gasteiger partial charge in [0.1, 0.15) is 0 Å². The molecule has 4 nitrogen and oxygen atoms in total. The fourth-order valence-corrected chi connectivity index (χ4v) is 4.61. The summed E-state index contributed by atoms with van der Waals surface area (Å²) < 4.78 is 9.42. The van der Waals surface area contributed by atoms with Crippen molar-refractivity contribution in [2.45, 2.75) is 38.2 Å². The van der Waals surface area contributed by atoms with Crippen LogP contribution in [0.25, 0.3) is 0 Å². The second-order valence-electron chi connectivity index (χ2n) is 4.59. The lowest BCUT2D eigenvalue weighted by molar-refractivity contribution is -0.143. The molecule has 0 spiro atoms. The third kappa shape index (κ3) is 4.45. The molecule has 1 heterocycles. The van der Waals surface area contributed by atoms with E-state index >= 15 is 0 Å². The number of carbonyl (C=O) groups excluding carboxylic acids is 2. The highest BCUT2D eigenvalue weighted by atomic mass is 32.2. The Balaban J connectivity index is 2.81. The zero-order valence-corrected chi connectivity index (χ0v) is 14.1. The highest BCUT2D eigenvalue weighted by molar-refractivity contribution is 8.19. The lowest BCUT2D eigenvalue weighted by atomic mass is 10.1. The Morgan fingerprint density at radius 2 is 1.85 bits per heavy atom. The van der Waals surface area contributed by atoms with Crippen molar-refractivity contribution in [1.29, 1.82) is 0 Å². The van der Waals surface area contributed by atoms with Crippen molar-refractivity contribution in [3.05, 3.63) is 11.1 Å². The Bertz CT molecular complexity index is 406. The molecular formula is C14H22O4S2. The fourth-order valence-electron chi connectivity index (χ4n) is 1.80. The zero-order valence-electron chi connectivity index (χ0n) is 12.5. The summed E-state index contributed by atoms with van der Waals surface area (Å²) in [7, 11) is 0. The summed E-state index contributed by atoms with van der Waals surface area (Å²) in [5.74, 6) is 0.434. The molecule has 0 fully saturated rings. The number of thioether (sulfide) groups is 2. The molecule has 0 saturated heterocycles. The van der Waals surface area contributed by atoms with Gasteiger partial charge in [-0.25, -0.2) is 4.79 Å². The average Bonchev–Trinajstić information content (AvgIpc) is 2.41. The quantitative estimate of drug-likeness (QED) is 0.554. The smallest absolute Gasteiger partial charge is 0.332 e. The van der Waals surface area contributed by atoms with Gasteiger partial charge in [0.25, 0.3) is 0 Å². The van der Waals surface area contributed by atoms with Gasteiger partial charge in [-0.2, -0.15) is 0 Å². The van der Waals surface area contributed by atoms with Gasteiger partial charge in [-0.1, -0.05) is 11.1 Å². The van der Waals surface area contributed by atoms with Crippen molar-refractivity contribution in [2.24, 2.45) is 0 Å². The topological polar surface area (TPSA) is 52.6 Å². The number of hydrogen-bond donors (Lipinski definition) is 0. The van der Waals surface area contributed by atoms with Gasteiger partial charge < -0.3 is 9.47 Å². The lowest BCUT2D eigenvalue weighted by Gasteiger charge is -2.34. The minimum absolute atomic E-state index is 0.173. The van der Waals surface area contributed by atoms with Crippen molar-refractivity contribution < 1.29 is 19.1 Å². The molecule has 1 aliphatic rings. The lowest BCUT2D eigenvalue weighted by Crippen LogP contribution is -2.37. The SMILES string of the molecule is CCOC(=O)CSC1(C(=O)OCC)CC(C)=C(C)CS1. The van der Waals surface area contributed by atoms with Crippen LogP contribution in [0.1, 0.15) is 34.1 Å². The molecule has 1 rings (SSSR count). The van der Waals surface area contributed by atoms with Crippen LogP contribution >= 0.6 is 23.5 Å². The molecule has 6 heteroatoms. The number of esters is 2. The van der Waals surface area contributed by atoms with E-state index in [-0.39, 0.29) is 17.7 Å². The number of carbonyl (C=O) groups is 2. The summed E-state index contributed by atoms with van der Waals surface area (Å²) in [5.41, 5.74) is 2.50. The van der Waals surface area contributed by atoms with Crippen LogP contribution in [-0.2, 0) is 19.1 Å². The summed E-state index contributed by atoms with van der Waals surface area (Å²) in [6, 6.07) is 0. The average molecular weight is 318 g/mol. The fraction of sp³-hybridized carbons (Fsp3) is 0.714. The summed E-state index contributed by atoms with van der Waals surface area (Å²) in [6.07, 6.45) is 0.617. The van der Waals surface area contributed by atoms with E-state index in [1.54, 1.807) is 25.6 Å². The molecule has 0 aromatic heterocycles. The van der Waals surface area contributed by atoms with Crippen LogP contribution in [0.2, 0.25) is 0 Å². The van der Waals surface area contributed by atoms with Crippen LogP contribution in [0.5, 0.6) is 0 Å². The van der Waals surface area contributed by atoms with Crippen LogP contribution in [0.3, 0.4) is 0 Å². The van der Waals surface area contributed by atoms with Gasteiger partial charge in [0.15, 0.2) is 4.08 Å². The Morgan fingerprint density at radius 1 is 1.20 bits per heavy atom. The minimum atomic E-state index is -0.716. The van der Waals surface area contributed by atoms with Crippen LogP contribution in [0.15, 0.2) is 11.1 Å². The Labute approximate surface area is 129 Å². The molecule has 0 saturated carbocycles. The third-order valence-corrected chi connectivity index (χ3v) is 6.28. The molecule has 0 aromatic carbocycles. The molecular weight excluding hydrogens is 296 g/mol. The first-order valence-corrected chi connectivity index (χ1v) is 8.68. The molecule has 0 bridgehead atoms. The first-order valence-electron chi connectivity index (χ1n) is 6.71. The van der Waals surface area contributed by atoms with Crippen LogP contribution in [-0.4, -0.2) is 40.7 Å². The van der Waals surface area contributed by atoms with Crippen molar-refractivity contribution in [3.63, 3.8) is 0 Å². The van der Waals surface area contributed by atoms with E-state index in [2.05, 4.69) is 6.92 Å². The van der Waals surface area contributed by atoms with E-state index in [1.807, 2.05) is 6.92 Å². The normalized spacial score (nSPS) is 22.6. The first kappa shape index (κ1) is 17.4. The number of ether oxygens (including phenoxy) is 2. The summed E-state index contributed by atoms with van der Waals surface area (Å²) in [5, 5.41) is 0. The van der Waals surface area contributed by atoms with Crippen molar-refractivity contribution in [1.82, 2.24) is 0 Å². The van der Waals surface area contributed by atoms with Gasteiger partial charge in [-0.15, -0.1) is 23.5 Å². The van der Waals surface area contributed by atoms with Crippen molar-refractivity contribution >= 4 is 35.5 Å². The second kappa shape index (κ2) is 7.98. The predicted molar refractivity (Wildman–Crippen MR) is 83.9 cm³/mol. The van der Waals surface area contributed by atoms with Crippen molar-refractivity contribution in [2.75, 3.05) is 24.7 Å². The number of rotatable bonds is 6. The summed E-state index contributed by atoms with van der Waals surface area (Å²) in [6.45, 7) is 8.39. The molecule has 1 atom stereocenters. The van der Waals surface area contributed by atoms with E-state index in [4.69, 9.17) is 9.47 Å². The molecule has 1 aliphatic heterocycles. The van der Waals surface area contributed by atoms with Gasteiger partial charge in [-0.3, -0.25) is 4.79 Å². The monoisotopic (exact) mass is 318 g/mol. The van der Waals surface area contributed by atoms with Gasteiger partial charge in [0.05, 0.1) is 19.0 Å². The maximum absolute atomic E-state index is 12.3. The molecule has 0 radical (unpaired) electrons. The standard InChI is InChI=1S/C14H22O4S2/c1-5-17-12(15)9-20-14(13(16)18-6-2)7-10(3)11(4)8-19-14/h5-9H2,1-4H3. The van der Waals surface area contributed by atoms with E-state index in [9.17, 15) is 9.59 Å². The van der Waals surface area contributed by atoms with Gasteiger partial charge in [0.2, 0.25) is 0 Å². The Kier molecular flexibility index (Phi) is 6.95. The van der Waals surface area contributed by atoms with Gasteiger partial charge in [-0.05, 0) is 27.7 Å². The highest BCUT2D eigenvalue weighted by Gasteiger charge is 2.44. The van der Waals surface area contributed by atoms with Gasteiger partial charge in [0, 0.05) is 12.2 Å². The number of hydrogen-bond acceptors (Lipinski definition) is 6. The number of allylic oxidation sites excluding steroid dienone is 1. The van der Waals surface area contributed by atoms with Crippen LogP contribution in [0.4, 0.5) is 0 Å². The maximum Gasteiger partial charge on any atom is 0.332 e. The Morgan fingerprint density at radius 3 is 2.40 bits per heavy atom. The minimum Gasteiger partial charge on any atom is -0.465 e. The largest absolute Gasteiger partial charge is 0.465 e. The Hall–Kier alpha value is -0.620.